The van der Waals surface area contributed by atoms with Crippen LogP contribution in [0.1, 0.15) is 27.7 Å². The van der Waals surface area contributed by atoms with E-state index in [1.165, 1.54) is 6.92 Å². The smallest absolute Gasteiger partial charge is 0.343 e. The standard InChI is InChI=1S/C20H24O11/c1-5-12(24)28-11-8(22)18-10-6(21)7(16(2,3)4)17(18)9(23)13(25)30-15(17)31-20(18,14(26)29-10)19(5,11)27/h5-11,15,21-23,27H,1-4H3/t5-,6-,7?,8?,9?,10?,11+,15+,17?,18?,19-,20-/m1/s1. The van der Waals surface area contributed by atoms with Crippen molar-refractivity contribution in [3.8, 4) is 0 Å². The average Bonchev–Trinajstić information content (AvgIpc) is 3.35. The van der Waals surface area contributed by atoms with Gasteiger partial charge in [0.1, 0.15) is 12.2 Å². The van der Waals surface area contributed by atoms with Gasteiger partial charge in [0.25, 0.3) is 0 Å². The van der Waals surface area contributed by atoms with Gasteiger partial charge in [-0.05, 0) is 12.3 Å². The van der Waals surface area contributed by atoms with Gasteiger partial charge in [0.15, 0.2) is 17.8 Å². The predicted octanol–water partition coefficient (Wildman–Crippen LogP) is -2.40. The molecule has 12 atom stereocenters. The molecule has 4 aliphatic heterocycles. The lowest BCUT2D eigenvalue weighted by Gasteiger charge is -2.47. The zero-order valence-corrected chi connectivity index (χ0v) is 17.3. The summed E-state index contributed by atoms with van der Waals surface area (Å²) in [6.07, 6.45) is -9.69. The molecule has 2 saturated carbocycles. The second kappa shape index (κ2) is 4.91. The van der Waals surface area contributed by atoms with Gasteiger partial charge in [-0.25, -0.2) is 9.59 Å². The molecule has 2 spiro atoms. The number of fused-ring (bicyclic) bond motifs is 1. The van der Waals surface area contributed by atoms with Gasteiger partial charge in [0, 0.05) is 5.92 Å². The monoisotopic (exact) mass is 440 g/mol. The Balaban J connectivity index is 1.75. The minimum atomic E-state index is -2.40. The third-order valence-electron chi connectivity index (χ3n) is 8.95. The number of esters is 3. The summed E-state index contributed by atoms with van der Waals surface area (Å²) in [6.45, 7) is 6.63. The normalized spacial score (nSPS) is 61.0. The van der Waals surface area contributed by atoms with Crippen LogP contribution in [-0.2, 0) is 33.3 Å². The fourth-order valence-electron chi connectivity index (χ4n) is 8.27. The largest absolute Gasteiger partial charge is 0.456 e. The van der Waals surface area contributed by atoms with E-state index in [0.717, 1.165) is 0 Å². The molecule has 0 aromatic carbocycles. The summed E-state index contributed by atoms with van der Waals surface area (Å²) >= 11 is 0. The van der Waals surface area contributed by atoms with Crippen molar-refractivity contribution in [3.63, 3.8) is 0 Å². The molecule has 2 aliphatic carbocycles. The molecule has 6 rings (SSSR count). The zero-order chi connectivity index (χ0) is 22.7. The van der Waals surface area contributed by atoms with Crippen LogP contribution in [-0.4, -0.2) is 86.3 Å². The van der Waals surface area contributed by atoms with E-state index in [1.807, 2.05) is 0 Å². The van der Waals surface area contributed by atoms with Gasteiger partial charge in [-0.15, -0.1) is 0 Å². The van der Waals surface area contributed by atoms with E-state index in [0.29, 0.717) is 0 Å². The molecule has 4 saturated heterocycles. The summed E-state index contributed by atoms with van der Waals surface area (Å²) in [5.74, 6) is -5.22. The SMILES string of the molecule is C[C@@H]1C(=O)O[C@H]2C(O)C34C5OC(=O)[C@]3(O[C@@H]3OC(=O)C(O)C34C(C(C)(C)C)[C@H]5O)[C@@]12O. The van der Waals surface area contributed by atoms with Crippen molar-refractivity contribution in [1.29, 1.82) is 0 Å². The highest BCUT2D eigenvalue weighted by atomic mass is 16.8. The lowest BCUT2D eigenvalue weighted by molar-refractivity contribution is -0.240. The van der Waals surface area contributed by atoms with E-state index in [9.17, 15) is 34.8 Å². The van der Waals surface area contributed by atoms with Crippen LogP contribution in [0.15, 0.2) is 0 Å². The minimum absolute atomic E-state index is 0.792. The summed E-state index contributed by atoms with van der Waals surface area (Å²) < 4.78 is 22.2. The first kappa shape index (κ1) is 19.9. The Bertz CT molecular complexity index is 957. The molecular weight excluding hydrogens is 416 g/mol. The number of carbonyl (C=O) groups is 3. The van der Waals surface area contributed by atoms with Gasteiger partial charge in [0.2, 0.25) is 11.9 Å². The third kappa shape index (κ3) is 1.43. The summed E-state index contributed by atoms with van der Waals surface area (Å²) in [6, 6.07) is 0. The molecule has 6 unspecified atom stereocenters. The van der Waals surface area contributed by atoms with Crippen molar-refractivity contribution in [1.82, 2.24) is 0 Å². The van der Waals surface area contributed by atoms with Crippen LogP contribution in [0.4, 0.5) is 0 Å². The fourth-order valence-corrected chi connectivity index (χ4v) is 8.27. The van der Waals surface area contributed by atoms with Gasteiger partial charge in [-0.2, -0.15) is 0 Å². The highest BCUT2D eigenvalue weighted by Crippen LogP contribution is 2.84. The number of hydrogen-bond donors (Lipinski definition) is 4. The van der Waals surface area contributed by atoms with Crippen LogP contribution in [0.3, 0.4) is 0 Å². The lowest BCUT2D eigenvalue weighted by atomic mass is 9.51. The maximum absolute atomic E-state index is 13.4. The molecule has 0 bridgehead atoms. The van der Waals surface area contributed by atoms with Gasteiger partial charge >= 0.3 is 17.9 Å². The molecule has 0 aromatic heterocycles. The Morgan fingerprint density at radius 1 is 0.935 bits per heavy atom. The Labute approximate surface area is 176 Å². The quantitative estimate of drug-likeness (QED) is 0.234. The van der Waals surface area contributed by atoms with Crippen LogP contribution in [0.5, 0.6) is 0 Å². The second-order valence-corrected chi connectivity index (χ2v) is 10.8. The molecule has 11 heteroatoms. The van der Waals surface area contributed by atoms with E-state index >= 15 is 0 Å². The van der Waals surface area contributed by atoms with Gasteiger partial charge in [-0.1, -0.05) is 20.8 Å². The first-order chi connectivity index (χ1) is 14.3. The maximum Gasteiger partial charge on any atom is 0.343 e. The number of aliphatic hydroxyl groups excluding tert-OH is 3. The Morgan fingerprint density at radius 2 is 1.58 bits per heavy atom. The number of ether oxygens (including phenoxy) is 4. The molecule has 4 N–H and O–H groups in total. The van der Waals surface area contributed by atoms with Crippen LogP contribution in [0, 0.1) is 28.1 Å². The molecule has 0 radical (unpaired) electrons. The van der Waals surface area contributed by atoms with E-state index in [1.54, 1.807) is 20.8 Å². The van der Waals surface area contributed by atoms with E-state index in [2.05, 4.69) is 0 Å². The number of aliphatic hydroxyl groups is 4. The summed E-state index contributed by atoms with van der Waals surface area (Å²) in [5.41, 5.74) is -9.40. The van der Waals surface area contributed by atoms with Gasteiger partial charge < -0.3 is 39.4 Å². The molecule has 4 heterocycles. The van der Waals surface area contributed by atoms with Crippen molar-refractivity contribution >= 4 is 17.9 Å². The highest BCUT2D eigenvalue weighted by Gasteiger charge is 3.05. The average molecular weight is 440 g/mol. The van der Waals surface area contributed by atoms with Crippen LogP contribution < -0.4 is 0 Å². The van der Waals surface area contributed by atoms with E-state index in [-0.39, 0.29) is 0 Å². The summed E-state index contributed by atoms with van der Waals surface area (Å²) in [4.78, 5) is 38.3. The molecule has 6 aliphatic rings. The summed E-state index contributed by atoms with van der Waals surface area (Å²) in [7, 11) is 0. The topological polar surface area (TPSA) is 169 Å². The first-order valence-corrected chi connectivity index (χ1v) is 10.3. The van der Waals surface area contributed by atoms with Crippen molar-refractivity contribution in [2.24, 2.45) is 28.1 Å². The molecular formula is C20H24O11. The van der Waals surface area contributed by atoms with E-state index < -0.39 is 94.0 Å². The van der Waals surface area contributed by atoms with Gasteiger partial charge in [-0.3, -0.25) is 4.79 Å². The molecule has 6 fully saturated rings. The number of hydrogen-bond acceptors (Lipinski definition) is 11. The van der Waals surface area contributed by atoms with Crippen molar-refractivity contribution in [3.05, 3.63) is 0 Å². The zero-order valence-electron chi connectivity index (χ0n) is 17.3. The summed E-state index contributed by atoms with van der Waals surface area (Å²) in [5, 5.41) is 46.1. The Hall–Kier alpha value is -1.79. The molecule has 0 aromatic rings. The Kier molecular flexibility index (Phi) is 3.15. The molecule has 31 heavy (non-hydrogen) atoms. The number of rotatable bonds is 0. The van der Waals surface area contributed by atoms with Crippen molar-refractivity contribution < 1.29 is 53.8 Å². The minimum Gasteiger partial charge on any atom is -0.456 e. The van der Waals surface area contributed by atoms with Crippen molar-refractivity contribution in [2.45, 2.75) is 75.7 Å². The number of carbonyl (C=O) groups excluding carboxylic acids is 3. The van der Waals surface area contributed by atoms with Crippen molar-refractivity contribution in [2.75, 3.05) is 0 Å². The second-order valence-electron chi connectivity index (χ2n) is 10.8. The molecule has 170 valence electrons. The first-order valence-electron chi connectivity index (χ1n) is 10.3. The van der Waals surface area contributed by atoms with Crippen LogP contribution in [0.25, 0.3) is 0 Å². The lowest BCUT2D eigenvalue weighted by Crippen LogP contribution is -2.67. The molecule has 11 nitrogen and oxygen atoms in total. The van der Waals surface area contributed by atoms with Crippen LogP contribution in [0.2, 0.25) is 0 Å². The fraction of sp³-hybridized carbons (Fsp3) is 0.850. The van der Waals surface area contributed by atoms with E-state index in [4.69, 9.17) is 18.9 Å². The molecule has 0 amide bonds. The predicted molar refractivity (Wildman–Crippen MR) is 93.4 cm³/mol. The van der Waals surface area contributed by atoms with Gasteiger partial charge in [0.05, 0.1) is 22.9 Å². The highest BCUT2D eigenvalue weighted by molar-refractivity contribution is 5.94. The Morgan fingerprint density at radius 3 is 2.19 bits per heavy atom. The third-order valence-corrected chi connectivity index (χ3v) is 8.95. The van der Waals surface area contributed by atoms with Crippen LogP contribution >= 0.6 is 0 Å². The maximum atomic E-state index is 13.4.